The lowest BCUT2D eigenvalue weighted by Gasteiger charge is -2.29. The van der Waals surface area contributed by atoms with Crippen LogP contribution < -0.4 is 5.32 Å². The molecule has 1 amide bonds. The Balaban J connectivity index is 1.96. The first-order valence-electron chi connectivity index (χ1n) is 8.74. The molecule has 1 aliphatic rings. The Morgan fingerprint density at radius 2 is 1.90 bits per heavy atom. The second-order valence-electron chi connectivity index (χ2n) is 6.80. The quantitative estimate of drug-likeness (QED) is 0.643. The monoisotopic (exact) mass is 460 g/mol. The predicted molar refractivity (Wildman–Crippen MR) is 108 cm³/mol. The fraction of sp³-hybridized carbons (Fsp3) is 0.300. The molecule has 0 aromatic heterocycles. The van der Waals surface area contributed by atoms with Gasteiger partial charge in [0.15, 0.2) is 0 Å². The highest BCUT2D eigenvalue weighted by Gasteiger charge is 2.62. The van der Waals surface area contributed by atoms with Crippen molar-refractivity contribution >= 4 is 40.5 Å². The Kier molecular flexibility index (Phi) is 6.31. The molecule has 0 radical (unpaired) electrons. The summed E-state index contributed by atoms with van der Waals surface area (Å²) in [5, 5.41) is 6.48. The van der Waals surface area contributed by atoms with E-state index in [1.54, 1.807) is 25.1 Å². The van der Waals surface area contributed by atoms with Crippen LogP contribution in [0.4, 0.5) is 18.9 Å². The summed E-state index contributed by atoms with van der Waals surface area (Å²) in [7, 11) is 1.38. The number of amides is 1. The number of carbonyl (C=O) groups excluding carboxylic acids is 1. The van der Waals surface area contributed by atoms with Gasteiger partial charge in [0.1, 0.15) is 6.61 Å². The number of oxime groups is 1. The van der Waals surface area contributed by atoms with Crippen molar-refractivity contribution in [1.82, 2.24) is 0 Å². The first-order chi connectivity index (χ1) is 14.1. The van der Waals surface area contributed by atoms with Crippen molar-refractivity contribution in [1.29, 1.82) is 0 Å². The number of ether oxygens (including phenoxy) is 1. The van der Waals surface area contributed by atoms with Crippen LogP contribution in [0.2, 0.25) is 10.0 Å². The van der Waals surface area contributed by atoms with Gasteiger partial charge in [-0.05, 0) is 36.8 Å². The number of halogens is 5. The molecular weight excluding hydrogens is 444 g/mol. The van der Waals surface area contributed by atoms with Gasteiger partial charge in [0.25, 0.3) is 5.60 Å². The van der Waals surface area contributed by atoms with Gasteiger partial charge < -0.3 is 14.9 Å². The largest absolute Gasteiger partial charge is 0.435 e. The van der Waals surface area contributed by atoms with Crippen LogP contribution in [0.1, 0.15) is 23.1 Å². The van der Waals surface area contributed by atoms with Crippen LogP contribution in [0.25, 0.3) is 0 Å². The Labute approximate surface area is 180 Å². The number of rotatable bonds is 5. The number of hydrogen-bond acceptors (Lipinski definition) is 4. The average Bonchev–Trinajstić information content (AvgIpc) is 3.10. The fourth-order valence-electron chi connectivity index (χ4n) is 3.10. The SMILES string of the molecule is COCC(=O)Nc1cc(C2=NOC(c3cc(Cl)cc(Cl)c3)(C(F)(F)F)C2)ccc1C. The van der Waals surface area contributed by atoms with E-state index in [1.165, 1.54) is 13.2 Å². The smallest absolute Gasteiger partial charge is 0.375 e. The van der Waals surface area contributed by atoms with Crippen LogP contribution in [-0.2, 0) is 20.0 Å². The molecule has 1 aliphatic heterocycles. The van der Waals surface area contributed by atoms with Gasteiger partial charge in [-0.2, -0.15) is 13.2 Å². The molecule has 1 atom stereocenters. The third kappa shape index (κ3) is 4.40. The van der Waals surface area contributed by atoms with Crippen molar-refractivity contribution < 1.29 is 27.5 Å². The van der Waals surface area contributed by atoms with Crippen LogP contribution in [-0.4, -0.2) is 31.5 Å². The molecule has 2 aromatic rings. The van der Waals surface area contributed by atoms with Crippen molar-refractivity contribution in [2.75, 3.05) is 19.0 Å². The van der Waals surface area contributed by atoms with Gasteiger partial charge in [0.2, 0.25) is 5.91 Å². The second-order valence-corrected chi connectivity index (χ2v) is 7.67. The summed E-state index contributed by atoms with van der Waals surface area (Å²) in [6.45, 7) is 1.60. The minimum absolute atomic E-state index is 0.0525. The number of nitrogens with one attached hydrogen (secondary N) is 1. The van der Waals surface area contributed by atoms with Gasteiger partial charge in [-0.15, -0.1) is 0 Å². The van der Waals surface area contributed by atoms with Crippen LogP contribution in [0.5, 0.6) is 0 Å². The van der Waals surface area contributed by atoms with E-state index >= 15 is 0 Å². The highest BCUT2D eigenvalue weighted by molar-refractivity contribution is 6.34. The zero-order valence-corrected chi connectivity index (χ0v) is 17.5. The number of alkyl halides is 3. The molecule has 5 nitrogen and oxygen atoms in total. The highest BCUT2D eigenvalue weighted by Crippen LogP contribution is 2.49. The predicted octanol–water partition coefficient (Wildman–Crippen LogP) is 5.47. The van der Waals surface area contributed by atoms with Crippen LogP contribution in [0.3, 0.4) is 0 Å². The highest BCUT2D eigenvalue weighted by atomic mass is 35.5. The maximum atomic E-state index is 14.1. The van der Waals surface area contributed by atoms with Crippen molar-refractivity contribution in [2.45, 2.75) is 25.1 Å². The maximum Gasteiger partial charge on any atom is 0.435 e. The molecule has 1 heterocycles. The zero-order valence-electron chi connectivity index (χ0n) is 15.9. The summed E-state index contributed by atoms with van der Waals surface area (Å²) in [6, 6.07) is 8.48. The number of nitrogens with zero attached hydrogens (tertiary/aromatic N) is 1. The minimum Gasteiger partial charge on any atom is -0.375 e. The molecule has 1 N–H and O–H groups in total. The van der Waals surface area contributed by atoms with Gasteiger partial charge in [-0.1, -0.05) is 40.5 Å². The molecule has 3 rings (SSSR count). The van der Waals surface area contributed by atoms with Crippen molar-refractivity contribution in [2.24, 2.45) is 5.16 Å². The lowest BCUT2D eigenvalue weighted by atomic mass is 9.86. The summed E-state index contributed by atoms with van der Waals surface area (Å²) >= 11 is 11.8. The lowest BCUT2D eigenvalue weighted by Crippen LogP contribution is -2.42. The summed E-state index contributed by atoms with van der Waals surface area (Å²) in [5.41, 5.74) is -1.34. The first kappa shape index (κ1) is 22.4. The van der Waals surface area contributed by atoms with Gasteiger partial charge in [0, 0.05) is 40.4 Å². The summed E-state index contributed by atoms with van der Waals surface area (Å²) in [6.07, 6.45) is -5.37. The van der Waals surface area contributed by atoms with Gasteiger partial charge in [0.05, 0.1) is 5.71 Å². The molecule has 30 heavy (non-hydrogen) atoms. The number of aryl methyl sites for hydroxylation is 1. The summed E-state index contributed by atoms with van der Waals surface area (Å²) < 4.78 is 47.1. The van der Waals surface area contributed by atoms with Gasteiger partial charge >= 0.3 is 6.18 Å². The Morgan fingerprint density at radius 3 is 2.50 bits per heavy atom. The molecule has 1 unspecified atom stereocenters. The molecule has 0 aliphatic carbocycles. The van der Waals surface area contributed by atoms with E-state index in [4.69, 9.17) is 32.8 Å². The molecule has 10 heteroatoms. The van der Waals surface area contributed by atoms with E-state index in [9.17, 15) is 18.0 Å². The minimum atomic E-state index is -4.79. The van der Waals surface area contributed by atoms with E-state index < -0.39 is 18.2 Å². The molecule has 160 valence electrons. The maximum absolute atomic E-state index is 14.1. The second kappa shape index (κ2) is 8.45. The van der Waals surface area contributed by atoms with Crippen LogP contribution in [0.15, 0.2) is 41.6 Å². The number of benzene rings is 2. The van der Waals surface area contributed by atoms with E-state index in [-0.39, 0.29) is 33.8 Å². The van der Waals surface area contributed by atoms with Gasteiger partial charge in [-0.3, -0.25) is 4.79 Å². The molecule has 0 saturated carbocycles. The third-order valence-corrected chi connectivity index (χ3v) is 5.07. The lowest BCUT2D eigenvalue weighted by molar-refractivity contribution is -0.275. The number of carbonyl (C=O) groups is 1. The number of methoxy groups -OCH3 is 1. The number of anilines is 1. The van der Waals surface area contributed by atoms with Crippen molar-refractivity contribution in [3.63, 3.8) is 0 Å². The third-order valence-electron chi connectivity index (χ3n) is 4.64. The van der Waals surface area contributed by atoms with Crippen LogP contribution in [0, 0.1) is 6.92 Å². The first-order valence-corrected chi connectivity index (χ1v) is 9.49. The van der Waals surface area contributed by atoms with E-state index in [0.29, 0.717) is 11.3 Å². The normalized spacial score (nSPS) is 18.7. The summed E-state index contributed by atoms with van der Waals surface area (Å²) in [4.78, 5) is 16.8. The molecule has 2 aromatic carbocycles. The molecule has 0 fully saturated rings. The number of hydrogen-bond donors (Lipinski definition) is 1. The van der Waals surface area contributed by atoms with Crippen molar-refractivity contribution in [3.8, 4) is 0 Å². The summed E-state index contributed by atoms with van der Waals surface area (Å²) in [5.74, 6) is -0.388. The van der Waals surface area contributed by atoms with E-state index in [0.717, 1.165) is 17.7 Å². The zero-order chi connectivity index (χ0) is 22.1. The van der Waals surface area contributed by atoms with Crippen LogP contribution >= 0.6 is 23.2 Å². The van der Waals surface area contributed by atoms with E-state index in [2.05, 4.69) is 10.5 Å². The van der Waals surface area contributed by atoms with Crippen molar-refractivity contribution in [3.05, 3.63) is 63.1 Å². The molecule has 0 spiro atoms. The van der Waals surface area contributed by atoms with Gasteiger partial charge in [-0.25, -0.2) is 0 Å². The average molecular weight is 461 g/mol. The molecular formula is C20H17Cl2F3N2O3. The fourth-order valence-corrected chi connectivity index (χ4v) is 3.63. The standard InChI is InChI=1S/C20H17Cl2F3N2O3/c1-11-3-4-12(5-16(11)26-18(28)10-29-2)17-9-19(30-27-17,20(23,24)25)13-6-14(21)8-15(22)7-13/h3-8H,9-10H2,1-2H3,(H,26,28). The Bertz CT molecular complexity index is 991. The topological polar surface area (TPSA) is 59.9 Å². The molecule has 0 saturated heterocycles. The Morgan fingerprint density at radius 1 is 1.23 bits per heavy atom. The molecule has 0 bridgehead atoms. The Hall–Kier alpha value is -2.29. The van der Waals surface area contributed by atoms with E-state index in [1.807, 2.05) is 0 Å².